The van der Waals surface area contributed by atoms with Crippen LogP contribution in [0.1, 0.15) is 23.4 Å². The van der Waals surface area contributed by atoms with E-state index in [4.69, 9.17) is 10.5 Å². The summed E-state index contributed by atoms with van der Waals surface area (Å²) in [6, 6.07) is 7.56. The molecule has 0 spiro atoms. The third-order valence-electron chi connectivity index (χ3n) is 5.30. The summed E-state index contributed by atoms with van der Waals surface area (Å²) < 4.78 is 5.37. The topological polar surface area (TPSA) is 145 Å². The van der Waals surface area contributed by atoms with Crippen molar-refractivity contribution in [1.82, 2.24) is 10.2 Å². The lowest BCUT2D eigenvalue weighted by molar-refractivity contribution is -0.384. The van der Waals surface area contributed by atoms with Crippen molar-refractivity contribution in [3.63, 3.8) is 0 Å². The molecule has 4 rings (SSSR count). The van der Waals surface area contributed by atoms with Gasteiger partial charge in [-0.3, -0.25) is 24.6 Å². The Morgan fingerprint density at radius 1 is 1.33 bits per heavy atom. The predicted molar refractivity (Wildman–Crippen MR) is 122 cm³/mol. The standard InChI is InChI=1S/C21H20N4O6S2/c1-11-10-33-20-16(23-18(26)15(22)14-3-2-8-32-14)19(27)24(20)17(11)21(28)31-9-12-4-6-13(7-5-12)25(29)30/h2-8,15-16,20H,9-10,22H2,1H3,(H,23,26)/t15?,16?,20-/m0/s1. The molecule has 33 heavy (non-hydrogen) atoms. The van der Waals surface area contributed by atoms with E-state index >= 15 is 0 Å². The third kappa shape index (κ3) is 4.49. The lowest BCUT2D eigenvalue weighted by atomic mass is 10.0. The van der Waals surface area contributed by atoms with Crippen LogP contribution >= 0.6 is 23.1 Å². The summed E-state index contributed by atoms with van der Waals surface area (Å²) in [6.45, 7) is 1.65. The number of nitro benzene ring substituents is 1. The van der Waals surface area contributed by atoms with Gasteiger partial charge in [0.15, 0.2) is 0 Å². The molecule has 0 radical (unpaired) electrons. The quantitative estimate of drug-likeness (QED) is 0.261. The van der Waals surface area contributed by atoms with Crippen molar-refractivity contribution in [3.8, 4) is 0 Å². The van der Waals surface area contributed by atoms with E-state index in [-0.39, 0.29) is 18.0 Å². The highest BCUT2D eigenvalue weighted by Crippen LogP contribution is 2.40. The number of hydrogen-bond donors (Lipinski definition) is 2. The Morgan fingerprint density at radius 3 is 2.70 bits per heavy atom. The summed E-state index contributed by atoms with van der Waals surface area (Å²) in [4.78, 5) is 50.4. The van der Waals surface area contributed by atoms with Crippen molar-refractivity contribution in [2.24, 2.45) is 5.73 Å². The number of fused-ring (bicyclic) bond motifs is 1. The fourth-order valence-electron chi connectivity index (χ4n) is 3.53. The summed E-state index contributed by atoms with van der Waals surface area (Å²) in [5.41, 5.74) is 7.37. The Kier molecular flexibility index (Phi) is 6.49. The van der Waals surface area contributed by atoms with Crippen LogP contribution in [0.4, 0.5) is 5.69 Å². The molecule has 12 heteroatoms. The van der Waals surface area contributed by atoms with Crippen LogP contribution in [0.25, 0.3) is 0 Å². The van der Waals surface area contributed by atoms with Crippen molar-refractivity contribution >= 4 is 46.6 Å². The summed E-state index contributed by atoms with van der Waals surface area (Å²) >= 11 is 2.80. The molecule has 172 valence electrons. The Labute approximate surface area is 196 Å². The third-order valence-corrected chi connectivity index (χ3v) is 7.68. The van der Waals surface area contributed by atoms with Gasteiger partial charge in [0.05, 0.1) is 4.92 Å². The van der Waals surface area contributed by atoms with Crippen molar-refractivity contribution in [1.29, 1.82) is 0 Å². The van der Waals surface area contributed by atoms with Gasteiger partial charge in [-0.05, 0) is 41.6 Å². The second-order valence-electron chi connectivity index (χ2n) is 7.52. The fraction of sp³-hybridized carbons (Fsp3) is 0.286. The number of ether oxygens (including phenoxy) is 1. The van der Waals surface area contributed by atoms with E-state index in [0.717, 1.165) is 0 Å². The number of thioether (sulfide) groups is 1. The van der Waals surface area contributed by atoms with Gasteiger partial charge in [-0.15, -0.1) is 23.1 Å². The average molecular weight is 489 g/mol. The van der Waals surface area contributed by atoms with E-state index in [2.05, 4.69) is 5.32 Å². The van der Waals surface area contributed by atoms with Gasteiger partial charge >= 0.3 is 5.97 Å². The number of benzene rings is 1. The maximum absolute atomic E-state index is 12.8. The summed E-state index contributed by atoms with van der Waals surface area (Å²) in [7, 11) is 0. The van der Waals surface area contributed by atoms with Crippen LogP contribution in [-0.2, 0) is 25.7 Å². The zero-order valence-electron chi connectivity index (χ0n) is 17.4. The molecular formula is C21H20N4O6S2. The number of carbonyl (C=O) groups excluding carboxylic acids is 3. The van der Waals surface area contributed by atoms with Crippen LogP contribution in [-0.4, -0.2) is 44.8 Å². The second-order valence-corrected chi connectivity index (χ2v) is 9.60. The number of rotatable bonds is 7. The molecule has 2 unspecified atom stereocenters. The first-order valence-electron chi connectivity index (χ1n) is 9.92. The fourth-order valence-corrected chi connectivity index (χ4v) is 5.55. The van der Waals surface area contributed by atoms with Gasteiger partial charge in [0, 0.05) is 22.8 Å². The highest BCUT2D eigenvalue weighted by Gasteiger charge is 2.54. The van der Waals surface area contributed by atoms with Crippen molar-refractivity contribution in [3.05, 3.63) is 73.6 Å². The Morgan fingerprint density at radius 2 is 2.06 bits per heavy atom. The van der Waals surface area contributed by atoms with Gasteiger partial charge in [-0.25, -0.2) is 4.79 Å². The van der Waals surface area contributed by atoms with Crippen LogP contribution < -0.4 is 11.1 Å². The number of non-ortho nitro benzene ring substituents is 1. The SMILES string of the molecule is CC1=C(C(=O)OCc2ccc([N+](=O)[O-])cc2)N2C(=O)C(NC(=O)C(N)c3cccs3)[C@@H]2SC1. The van der Waals surface area contributed by atoms with Gasteiger partial charge < -0.3 is 15.8 Å². The van der Waals surface area contributed by atoms with Crippen LogP contribution in [0.2, 0.25) is 0 Å². The number of thiophene rings is 1. The molecule has 2 aromatic rings. The first-order valence-corrected chi connectivity index (χ1v) is 11.8. The molecule has 1 saturated heterocycles. The minimum Gasteiger partial charge on any atom is -0.456 e. The van der Waals surface area contributed by atoms with E-state index in [1.807, 2.05) is 5.38 Å². The van der Waals surface area contributed by atoms with Gasteiger partial charge in [-0.2, -0.15) is 0 Å². The molecular weight excluding hydrogens is 468 g/mol. The number of nitrogens with two attached hydrogens (primary N) is 1. The highest BCUT2D eigenvalue weighted by molar-refractivity contribution is 8.00. The maximum Gasteiger partial charge on any atom is 0.355 e. The molecule has 1 fully saturated rings. The van der Waals surface area contributed by atoms with Crippen LogP contribution in [0.3, 0.4) is 0 Å². The summed E-state index contributed by atoms with van der Waals surface area (Å²) in [5.74, 6) is -1.02. The Balaban J connectivity index is 1.39. The van der Waals surface area contributed by atoms with Gasteiger partial charge in [0.25, 0.3) is 11.6 Å². The molecule has 1 aromatic carbocycles. The van der Waals surface area contributed by atoms with E-state index in [1.54, 1.807) is 19.1 Å². The number of carbonyl (C=O) groups is 3. The molecule has 2 amide bonds. The predicted octanol–water partition coefficient (Wildman–Crippen LogP) is 2.07. The molecule has 3 atom stereocenters. The van der Waals surface area contributed by atoms with Crippen molar-refractivity contribution in [2.45, 2.75) is 31.0 Å². The zero-order chi connectivity index (χ0) is 23.7. The Hall–Kier alpha value is -3.22. The monoisotopic (exact) mass is 488 g/mol. The minimum atomic E-state index is -0.871. The molecule has 1 aromatic heterocycles. The van der Waals surface area contributed by atoms with E-state index in [9.17, 15) is 24.5 Å². The normalized spacial score (nSPS) is 20.5. The number of esters is 1. The molecule has 0 aliphatic carbocycles. The van der Waals surface area contributed by atoms with Gasteiger partial charge in [0.1, 0.15) is 29.8 Å². The lowest BCUT2D eigenvalue weighted by Gasteiger charge is -2.49. The van der Waals surface area contributed by atoms with Crippen LogP contribution in [0, 0.1) is 10.1 Å². The smallest absolute Gasteiger partial charge is 0.355 e. The minimum absolute atomic E-state index is 0.0613. The lowest BCUT2D eigenvalue weighted by Crippen LogP contribution is -2.71. The first kappa shape index (κ1) is 23.0. The number of hydrogen-bond acceptors (Lipinski definition) is 9. The molecule has 0 bridgehead atoms. The number of amides is 2. The first-order chi connectivity index (χ1) is 15.8. The van der Waals surface area contributed by atoms with Gasteiger partial charge in [-0.1, -0.05) is 6.07 Å². The average Bonchev–Trinajstić information content (AvgIpc) is 3.35. The van der Waals surface area contributed by atoms with Crippen molar-refractivity contribution < 1.29 is 24.0 Å². The van der Waals surface area contributed by atoms with Gasteiger partial charge in [0.2, 0.25) is 5.91 Å². The zero-order valence-corrected chi connectivity index (χ0v) is 19.1. The molecule has 2 aliphatic rings. The van der Waals surface area contributed by atoms with E-state index in [0.29, 0.717) is 21.8 Å². The molecule has 3 heterocycles. The van der Waals surface area contributed by atoms with E-state index in [1.165, 1.54) is 52.3 Å². The molecule has 2 aliphatic heterocycles. The highest BCUT2D eigenvalue weighted by atomic mass is 32.2. The summed E-state index contributed by atoms with van der Waals surface area (Å²) in [6.07, 6.45) is 0. The van der Waals surface area contributed by atoms with E-state index < -0.39 is 40.2 Å². The summed E-state index contributed by atoms with van der Waals surface area (Å²) in [5, 5.41) is 14.8. The number of β-lactam (4-membered cyclic amide) rings is 1. The largest absolute Gasteiger partial charge is 0.456 e. The van der Waals surface area contributed by atoms with Crippen LogP contribution in [0.5, 0.6) is 0 Å². The molecule has 10 nitrogen and oxygen atoms in total. The van der Waals surface area contributed by atoms with Crippen molar-refractivity contribution in [2.75, 3.05) is 5.75 Å². The number of nitrogens with zero attached hydrogens (tertiary/aromatic N) is 2. The van der Waals surface area contributed by atoms with Crippen LogP contribution in [0.15, 0.2) is 53.0 Å². The second kappa shape index (κ2) is 9.33. The number of nitro groups is 1. The molecule has 0 saturated carbocycles. The Bertz CT molecular complexity index is 1130. The molecule has 3 N–H and O–H groups in total. The number of nitrogens with one attached hydrogen (secondary N) is 1. The maximum atomic E-state index is 12.8.